The maximum atomic E-state index is 12.8. The number of hydrogen-bond acceptors (Lipinski definition) is 6. The number of rotatable bonds is 5. The number of urea groups is 1. The van der Waals surface area contributed by atoms with E-state index in [2.05, 4.69) is 20.8 Å². The van der Waals surface area contributed by atoms with Crippen molar-refractivity contribution in [3.05, 3.63) is 53.6 Å². The normalized spacial score (nSPS) is 15.7. The summed E-state index contributed by atoms with van der Waals surface area (Å²) in [5, 5.41) is 15.6. The number of carbonyl (C=O) groups is 2. The second kappa shape index (κ2) is 9.67. The molecule has 1 aliphatic rings. The Bertz CT molecular complexity index is 1070. The molecular formula is C21H20ClN5O2S2. The molecule has 31 heavy (non-hydrogen) atoms. The number of hydrogen-bond donors (Lipinski definition) is 2. The van der Waals surface area contributed by atoms with Crippen LogP contribution in [-0.2, 0) is 4.79 Å². The number of amides is 3. The highest BCUT2D eigenvalue weighted by Crippen LogP contribution is 2.28. The van der Waals surface area contributed by atoms with Crippen LogP contribution in [0.1, 0.15) is 12.8 Å². The van der Waals surface area contributed by atoms with Crippen molar-refractivity contribution in [2.45, 2.75) is 23.8 Å². The summed E-state index contributed by atoms with van der Waals surface area (Å²) >= 11 is 8.83. The molecule has 2 aromatic carbocycles. The van der Waals surface area contributed by atoms with Gasteiger partial charge >= 0.3 is 6.03 Å². The minimum atomic E-state index is -0.548. The van der Waals surface area contributed by atoms with Gasteiger partial charge in [0.15, 0.2) is 0 Å². The maximum Gasteiger partial charge on any atom is 0.322 e. The van der Waals surface area contributed by atoms with E-state index in [1.807, 2.05) is 42.7 Å². The zero-order valence-electron chi connectivity index (χ0n) is 16.7. The van der Waals surface area contributed by atoms with E-state index in [9.17, 15) is 9.59 Å². The summed E-state index contributed by atoms with van der Waals surface area (Å²) in [6.45, 7) is 0.527. The van der Waals surface area contributed by atoms with Gasteiger partial charge in [-0.15, -0.1) is 22.0 Å². The molecule has 2 heterocycles. The molecule has 0 spiro atoms. The average molecular weight is 474 g/mol. The van der Waals surface area contributed by atoms with Crippen LogP contribution in [0.4, 0.5) is 15.6 Å². The van der Waals surface area contributed by atoms with Crippen LogP contribution in [-0.4, -0.2) is 45.9 Å². The van der Waals surface area contributed by atoms with Gasteiger partial charge in [-0.1, -0.05) is 35.1 Å². The molecule has 1 aromatic heterocycles. The zero-order valence-corrected chi connectivity index (χ0v) is 19.1. The third-order valence-corrected chi connectivity index (χ3v) is 6.79. The molecule has 1 unspecified atom stereocenters. The first kappa shape index (κ1) is 21.6. The molecule has 1 atom stereocenters. The monoisotopic (exact) mass is 473 g/mol. The molecule has 10 heteroatoms. The van der Waals surface area contributed by atoms with Crippen LogP contribution >= 0.6 is 34.7 Å². The van der Waals surface area contributed by atoms with Gasteiger partial charge in [0, 0.05) is 27.7 Å². The summed E-state index contributed by atoms with van der Waals surface area (Å²) in [7, 11) is 0. The molecule has 4 rings (SSSR count). The van der Waals surface area contributed by atoms with Crippen molar-refractivity contribution in [2.75, 3.05) is 23.4 Å². The van der Waals surface area contributed by atoms with Crippen molar-refractivity contribution < 1.29 is 9.59 Å². The Morgan fingerprint density at radius 1 is 1.10 bits per heavy atom. The van der Waals surface area contributed by atoms with Gasteiger partial charge in [-0.25, -0.2) is 4.79 Å². The molecule has 2 N–H and O–H groups in total. The lowest BCUT2D eigenvalue weighted by Gasteiger charge is -2.23. The number of likely N-dealkylation sites (tertiary alicyclic amines) is 1. The number of benzene rings is 2. The van der Waals surface area contributed by atoms with Crippen molar-refractivity contribution in [3.8, 4) is 10.6 Å². The predicted octanol–water partition coefficient (Wildman–Crippen LogP) is 5.22. The third kappa shape index (κ3) is 5.17. The Labute approximate surface area is 193 Å². The van der Waals surface area contributed by atoms with Gasteiger partial charge in [0.1, 0.15) is 11.0 Å². The van der Waals surface area contributed by atoms with Gasteiger partial charge in [0.25, 0.3) is 0 Å². The van der Waals surface area contributed by atoms with E-state index in [1.54, 1.807) is 28.8 Å². The van der Waals surface area contributed by atoms with Crippen LogP contribution < -0.4 is 10.6 Å². The predicted molar refractivity (Wildman–Crippen MR) is 126 cm³/mol. The van der Waals surface area contributed by atoms with Crippen LogP contribution in [0.2, 0.25) is 5.02 Å². The second-order valence-electron chi connectivity index (χ2n) is 6.92. The van der Waals surface area contributed by atoms with Gasteiger partial charge < -0.3 is 10.2 Å². The molecule has 0 bridgehead atoms. The van der Waals surface area contributed by atoms with Crippen molar-refractivity contribution in [1.29, 1.82) is 0 Å². The minimum Gasteiger partial charge on any atom is -0.312 e. The number of nitrogens with zero attached hydrogens (tertiary/aromatic N) is 3. The van der Waals surface area contributed by atoms with Gasteiger partial charge in [0.2, 0.25) is 11.0 Å². The van der Waals surface area contributed by atoms with Crippen LogP contribution in [0.15, 0.2) is 53.4 Å². The van der Waals surface area contributed by atoms with E-state index >= 15 is 0 Å². The molecule has 0 aliphatic carbocycles. The summed E-state index contributed by atoms with van der Waals surface area (Å²) in [4.78, 5) is 28.3. The minimum absolute atomic E-state index is 0.260. The first-order valence-electron chi connectivity index (χ1n) is 9.65. The van der Waals surface area contributed by atoms with Crippen LogP contribution in [0.25, 0.3) is 10.6 Å². The first-order valence-corrected chi connectivity index (χ1v) is 12.1. The highest BCUT2D eigenvalue weighted by Gasteiger charge is 2.34. The molecule has 1 fully saturated rings. The standard InChI is InChI=1S/C21H20ClN5O2S2/c1-30-16-10-8-15(9-11-16)23-21(29)27-12-2-3-17(27)18(28)24-20-26-25-19(31-20)13-4-6-14(22)7-5-13/h4-11,17H,2-3,12H2,1H3,(H,23,29)(H,24,26,28). The van der Waals surface area contributed by atoms with Gasteiger partial charge in [-0.3, -0.25) is 10.1 Å². The fourth-order valence-corrected chi connectivity index (χ4v) is 4.61. The molecule has 160 valence electrons. The Kier molecular flexibility index (Phi) is 6.74. The van der Waals surface area contributed by atoms with E-state index in [-0.39, 0.29) is 11.9 Å². The number of halogens is 1. The van der Waals surface area contributed by atoms with Gasteiger partial charge in [-0.05, 0) is 55.5 Å². The SMILES string of the molecule is CSc1ccc(NC(=O)N2CCCC2C(=O)Nc2nnc(-c3ccc(Cl)cc3)s2)cc1. The Morgan fingerprint density at radius 2 is 1.84 bits per heavy atom. The molecule has 0 radical (unpaired) electrons. The Hall–Kier alpha value is -2.62. The summed E-state index contributed by atoms with van der Waals surface area (Å²) in [6.07, 6.45) is 3.37. The molecule has 1 saturated heterocycles. The molecular weight excluding hydrogens is 454 g/mol. The number of thioether (sulfide) groups is 1. The highest BCUT2D eigenvalue weighted by molar-refractivity contribution is 7.98. The smallest absolute Gasteiger partial charge is 0.312 e. The lowest BCUT2D eigenvalue weighted by Crippen LogP contribution is -2.45. The zero-order chi connectivity index (χ0) is 21.8. The number of aromatic nitrogens is 2. The van der Waals surface area contributed by atoms with Crippen LogP contribution in [0.5, 0.6) is 0 Å². The summed E-state index contributed by atoms with van der Waals surface area (Å²) < 4.78 is 0. The van der Waals surface area contributed by atoms with Crippen molar-refractivity contribution >= 4 is 57.5 Å². The Balaban J connectivity index is 1.39. The summed E-state index contributed by atoms with van der Waals surface area (Å²) in [6, 6.07) is 14.0. The fourth-order valence-electron chi connectivity index (χ4n) is 3.32. The van der Waals surface area contributed by atoms with Crippen molar-refractivity contribution in [1.82, 2.24) is 15.1 Å². The van der Waals surface area contributed by atoms with E-state index in [1.165, 1.54) is 11.3 Å². The van der Waals surface area contributed by atoms with E-state index in [4.69, 9.17) is 11.6 Å². The quantitative estimate of drug-likeness (QED) is 0.496. The lowest BCUT2D eigenvalue weighted by molar-refractivity contribution is -0.119. The lowest BCUT2D eigenvalue weighted by atomic mass is 10.2. The van der Waals surface area contributed by atoms with E-state index in [0.29, 0.717) is 33.8 Å². The molecule has 3 amide bonds. The molecule has 1 aliphatic heterocycles. The van der Waals surface area contributed by atoms with Gasteiger partial charge in [-0.2, -0.15) is 0 Å². The topological polar surface area (TPSA) is 87.2 Å². The maximum absolute atomic E-state index is 12.8. The first-order chi connectivity index (χ1) is 15.0. The molecule has 3 aromatic rings. The van der Waals surface area contributed by atoms with Gasteiger partial charge in [0.05, 0.1) is 0 Å². The van der Waals surface area contributed by atoms with Crippen LogP contribution in [0, 0.1) is 0 Å². The summed E-state index contributed by atoms with van der Waals surface area (Å²) in [5.41, 5.74) is 1.57. The summed E-state index contributed by atoms with van der Waals surface area (Å²) in [5.74, 6) is -0.260. The fraction of sp³-hybridized carbons (Fsp3) is 0.238. The average Bonchev–Trinajstić information content (AvgIpc) is 3.45. The number of nitrogens with one attached hydrogen (secondary N) is 2. The van der Waals surface area contributed by atoms with Crippen molar-refractivity contribution in [2.24, 2.45) is 0 Å². The van der Waals surface area contributed by atoms with Crippen LogP contribution in [0.3, 0.4) is 0 Å². The van der Waals surface area contributed by atoms with Crippen molar-refractivity contribution in [3.63, 3.8) is 0 Å². The number of carbonyl (C=O) groups excluding carboxylic acids is 2. The Morgan fingerprint density at radius 3 is 2.55 bits per heavy atom. The largest absolute Gasteiger partial charge is 0.322 e. The van der Waals surface area contributed by atoms with E-state index < -0.39 is 6.04 Å². The second-order valence-corrected chi connectivity index (χ2v) is 9.21. The third-order valence-electron chi connectivity index (χ3n) is 4.90. The van der Waals surface area contributed by atoms with E-state index in [0.717, 1.165) is 16.9 Å². The molecule has 0 saturated carbocycles. The highest BCUT2D eigenvalue weighted by atomic mass is 35.5. The number of anilines is 2. The molecule has 7 nitrogen and oxygen atoms in total.